The predicted octanol–water partition coefficient (Wildman–Crippen LogP) is 0.0325. The highest BCUT2D eigenvalue weighted by molar-refractivity contribution is 7.07. The Morgan fingerprint density at radius 2 is 2.56 bits per heavy atom. The first-order valence-electron chi connectivity index (χ1n) is 5.12. The topological polar surface area (TPSA) is 62.3 Å². The van der Waals surface area contributed by atoms with Crippen molar-refractivity contribution in [3.63, 3.8) is 0 Å². The van der Waals surface area contributed by atoms with Gasteiger partial charge < -0.3 is 10.2 Å². The molecule has 1 atom stereocenters. The zero-order chi connectivity index (χ0) is 11.5. The summed E-state index contributed by atoms with van der Waals surface area (Å²) in [5.74, 6) is -0.119. The van der Waals surface area contributed by atoms with Crippen molar-refractivity contribution < 1.29 is 9.59 Å². The number of thiazole rings is 1. The van der Waals surface area contributed by atoms with Gasteiger partial charge in [0.2, 0.25) is 11.8 Å². The molecule has 1 N–H and O–H groups in total. The lowest BCUT2D eigenvalue weighted by Crippen LogP contribution is -2.56. The quantitative estimate of drug-likeness (QED) is 0.792. The molecule has 1 unspecified atom stereocenters. The first kappa shape index (κ1) is 11.1. The van der Waals surface area contributed by atoms with Crippen LogP contribution in [0.15, 0.2) is 10.9 Å². The van der Waals surface area contributed by atoms with Gasteiger partial charge in [-0.1, -0.05) is 0 Å². The van der Waals surface area contributed by atoms with Crippen LogP contribution in [0.2, 0.25) is 0 Å². The highest BCUT2D eigenvalue weighted by Gasteiger charge is 2.29. The number of carbonyl (C=O) groups is 2. The molecule has 0 radical (unpaired) electrons. The van der Waals surface area contributed by atoms with E-state index in [1.54, 1.807) is 17.3 Å². The molecule has 16 heavy (non-hydrogen) atoms. The van der Waals surface area contributed by atoms with E-state index in [0.29, 0.717) is 13.1 Å². The highest BCUT2D eigenvalue weighted by Crippen LogP contribution is 2.09. The molecule has 6 heteroatoms. The minimum Gasteiger partial charge on any atom is -0.353 e. The van der Waals surface area contributed by atoms with Crippen molar-refractivity contribution in [1.82, 2.24) is 15.2 Å². The molecule has 1 aliphatic rings. The van der Waals surface area contributed by atoms with Crippen LogP contribution >= 0.6 is 11.3 Å². The maximum absolute atomic E-state index is 11.9. The Labute approximate surface area is 97.5 Å². The molecule has 2 heterocycles. The second-order valence-corrected chi connectivity index (χ2v) is 4.43. The summed E-state index contributed by atoms with van der Waals surface area (Å²) in [6, 6.07) is -0.375. The second kappa shape index (κ2) is 4.61. The van der Waals surface area contributed by atoms with Crippen LogP contribution in [0.25, 0.3) is 0 Å². The van der Waals surface area contributed by atoms with Gasteiger partial charge in [0.05, 0.1) is 17.6 Å². The van der Waals surface area contributed by atoms with Gasteiger partial charge in [-0.05, 0) is 6.92 Å². The average molecular weight is 239 g/mol. The monoisotopic (exact) mass is 239 g/mol. The molecule has 2 amide bonds. The van der Waals surface area contributed by atoms with Gasteiger partial charge in [0, 0.05) is 18.5 Å². The summed E-state index contributed by atoms with van der Waals surface area (Å²) in [6.07, 6.45) is 0.279. The predicted molar refractivity (Wildman–Crippen MR) is 60.0 cm³/mol. The summed E-state index contributed by atoms with van der Waals surface area (Å²) in [5.41, 5.74) is 2.47. The summed E-state index contributed by atoms with van der Waals surface area (Å²) in [5, 5.41) is 4.58. The molecular weight excluding hydrogens is 226 g/mol. The lowest BCUT2D eigenvalue weighted by atomic mass is 10.2. The first-order chi connectivity index (χ1) is 7.68. The normalized spacial score (nSPS) is 20.7. The van der Waals surface area contributed by atoms with Crippen molar-refractivity contribution in [2.24, 2.45) is 0 Å². The number of hydrogen-bond donors (Lipinski definition) is 1. The van der Waals surface area contributed by atoms with Crippen molar-refractivity contribution in [3.05, 3.63) is 16.6 Å². The van der Waals surface area contributed by atoms with Gasteiger partial charge in [0.1, 0.15) is 6.04 Å². The first-order valence-corrected chi connectivity index (χ1v) is 6.07. The molecule has 0 saturated carbocycles. The smallest absolute Gasteiger partial charge is 0.242 e. The molecule has 1 aliphatic heterocycles. The van der Waals surface area contributed by atoms with Gasteiger partial charge >= 0.3 is 0 Å². The van der Waals surface area contributed by atoms with Crippen LogP contribution in [0.4, 0.5) is 0 Å². The SMILES string of the molecule is CC1C(=O)NCCN1C(=O)Cc1cscn1. The number of hydrogen-bond acceptors (Lipinski definition) is 4. The molecule has 86 valence electrons. The molecule has 1 aromatic heterocycles. The molecule has 1 aromatic rings. The Morgan fingerprint density at radius 1 is 1.75 bits per heavy atom. The maximum atomic E-state index is 11.9. The van der Waals surface area contributed by atoms with Gasteiger partial charge in [0.15, 0.2) is 0 Å². The summed E-state index contributed by atoms with van der Waals surface area (Å²) >= 11 is 1.47. The molecule has 0 aromatic carbocycles. The number of rotatable bonds is 2. The van der Waals surface area contributed by atoms with Crippen LogP contribution in [-0.4, -0.2) is 40.8 Å². The van der Waals surface area contributed by atoms with Crippen LogP contribution in [0, 0.1) is 0 Å². The standard InChI is InChI=1S/C10H13N3O2S/c1-7-10(15)11-2-3-13(7)9(14)4-8-5-16-6-12-8/h5-7H,2-4H2,1H3,(H,11,15). The number of nitrogens with zero attached hydrogens (tertiary/aromatic N) is 2. The lowest BCUT2D eigenvalue weighted by Gasteiger charge is -2.32. The van der Waals surface area contributed by atoms with E-state index < -0.39 is 0 Å². The molecule has 0 aliphatic carbocycles. The Balaban J connectivity index is 2.01. The summed E-state index contributed by atoms with van der Waals surface area (Å²) in [6.45, 7) is 2.86. The van der Waals surface area contributed by atoms with Gasteiger partial charge in [-0.15, -0.1) is 11.3 Å². The van der Waals surface area contributed by atoms with E-state index in [2.05, 4.69) is 10.3 Å². The fourth-order valence-corrected chi connectivity index (χ4v) is 2.26. The lowest BCUT2D eigenvalue weighted by molar-refractivity contribution is -0.142. The van der Waals surface area contributed by atoms with Crippen molar-refractivity contribution >= 4 is 23.2 Å². The molecule has 5 nitrogen and oxygen atoms in total. The van der Waals surface area contributed by atoms with E-state index in [9.17, 15) is 9.59 Å². The second-order valence-electron chi connectivity index (χ2n) is 3.71. The minimum atomic E-state index is -0.375. The number of nitrogens with one attached hydrogen (secondary N) is 1. The molecule has 2 rings (SSSR count). The number of amides is 2. The van der Waals surface area contributed by atoms with Crippen LogP contribution in [-0.2, 0) is 16.0 Å². The Morgan fingerprint density at radius 3 is 3.25 bits per heavy atom. The third-order valence-corrected chi connectivity index (χ3v) is 3.27. The van der Waals surface area contributed by atoms with E-state index >= 15 is 0 Å². The maximum Gasteiger partial charge on any atom is 0.242 e. The van der Waals surface area contributed by atoms with Crippen LogP contribution < -0.4 is 5.32 Å². The highest BCUT2D eigenvalue weighted by atomic mass is 32.1. The van der Waals surface area contributed by atoms with Gasteiger partial charge in [-0.3, -0.25) is 9.59 Å². The van der Waals surface area contributed by atoms with Crippen LogP contribution in [0.5, 0.6) is 0 Å². The summed E-state index contributed by atoms with van der Waals surface area (Å²) in [7, 11) is 0. The van der Waals surface area contributed by atoms with Gasteiger partial charge in [-0.25, -0.2) is 4.98 Å². The Kier molecular flexibility index (Phi) is 3.19. The minimum absolute atomic E-state index is 0.0340. The van der Waals surface area contributed by atoms with Crippen LogP contribution in [0.1, 0.15) is 12.6 Å². The molecular formula is C10H13N3O2S. The third kappa shape index (κ3) is 2.21. The number of piperazine rings is 1. The Hall–Kier alpha value is -1.43. The van der Waals surface area contributed by atoms with E-state index in [0.717, 1.165) is 5.69 Å². The van der Waals surface area contributed by atoms with E-state index in [-0.39, 0.29) is 24.3 Å². The van der Waals surface area contributed by atoms with Gasteiger partial charge in [0.25, 0.3) is 0 Å². The van der Waals surface area contributed by atoms with Crippen molar-refractivity contribution in [1.29, 1.82) is 0 Å². The van der Waals surface area contributed by atoms with Gasteiger partial charge in [-0.2, -0.15) is 0 Å². The average Bonchev–Trinajstić information content (AvgIpc) is 2.74. The Bertz CT molecular complexity index is 391. The largest absolute Gasteiger partial charge is 0.353 e. The summed E-state index contributed by atoms with van der Waals surface area (Å²) in [4.78, 5) is 29.0. The zero-order valence-electron chi connectivity index (χ0n) is 8.97. The van der Waals surface area contributed by atoms with Crippen molar-refractivity contribution in [3.8, 4) is 0 Å². The summed E-state index contributed by atoms with van der Waals surface area (Å²) < 4.78 is 0. The molecule has 1 fully saturated rings. The zero-order valence-corrected chi connectivity index (χ0v) is 9.79. The van der Waals surface area contributed by atoms with E-state index in [1.165, 1.54) is 11.3 Å². The number of aromatic nitrogens is 1. The van der Waals surface area contributed by atoms with Crippen LogP contribution in [0.3, 0.4) is 0 Å². The number of carbonyl (C=O) groups excluding carboxylic acids is 2. The fraction of sp³-hybridized carbons (Fsp3) is 0.500. The molecule has 0 spiro atoms. The van der Waals surface area contributed by atoms with E-state index in [1.807, 2.05) is 5.38 Å². The van der Waals surface area contributed by atoms with Crippen molar-refractivity contribution in [2.75, 3.05) is 13.1 Å². The van der Waals surface area contributed by atoms with Crippen molar-refractivity contribution in [2.45, 2.75) is 19.4 Å². The fourth-order valence-electron chi connectivity index (χ4n) is 1.70. The molecule has 0 bridgehead atoms. The molecule has 1 saturated heterocycles. The van der Waals surface area contributed by atoms with E-state index in [4.69, 9.17) is 0 Å². The third-order valence-electron chi connectivity index (χ3n) is 2.64.